The van der Waals surface area contributed by atoms with Crippen LogP contribution in [-0.4, -0.2) is 26.0 Å². The van der Waals surface area contributed by atoms with Crippen LogP contribution in [-0.2, 0) is 21.2 Å². The number of carbonyl (C=O) groups excluding carboxylic acids is 1. The molecule has 0 aliphatic heterocycles. The molecule has 0 aliphatic carbocycles. The largest absolute Gasteiger partial charge is 0.497 e. The summed E-state index contributed by atoms with van der Waals surface area (Å²) < 4.78 is 46.3. The summed E-state index contributed by atoms with van der Waals surface area (Å²) in [5, 5.41) is 2.91. The maximum atomic E-state index is 13.3. The number of aromatic nitrogens is 1. The molecule has 3 aromatic carbocycles. The molecule has 0 atom stereocenters. The molecule has 1 N–H and O–H groups in total. The van der Waals surface area contributed by atoms with Gasteiger partial charge in [-0.1, -0.05) is 11.6 Å². The molecule has 4 aromatic rings. The Morgan fingerprint density at radius 3 is 2.35 bits per heavy atom. The van der Waals surface area contributed by atoms with E-state index in [1.165, 1.54) is 11.7 Å². The number of carbonyl (C=O) groups is 1. The number of rotatable bonds is 6. The zero-order chi connectivity index (χ0) is 24.5. The van der Waals surface area contributed by atoms with Gasteiger partial charge in [0.25, 0.3) is 0 Å². The van der Waals surface area contributed by atoms with Crippen molar-refractivity contribution in [2.24, 2.45) is 0 Å². The summed E-state index contributed by atoms with van der Waals surface area (Å²) in [7, 11) is -2.73. The zero-order valence-corrected chi connectivity index (χ0v) is 19.2. The summed E-state index contributed by atoms with van der Waals surface area (Å²) >= 11 is 0. The molecule has 0 fully saturated rings. The molecule has 0 saturated carbocycles. The van der Waals surface area contributed by atoms with E-state index in [1.807, 2.05) is 0 Å². The molecular formula is C25H21FN2O5S. The Hall–Kier alpha value is -3.98. The number of pyridine rings is 1. The second-order valence-electron chi connectivity index (χ2n) is 7.71. The van der Waals surface area contributed by atoms with Gasteiger partial charge in [0.05, 0.1) is 17.5 Å². The standard InChI is InChI=1S/C25H21FN2O5S/c1-16-3-12-22-21(13-16)25(30)23(34(31,32)20-10-4-17(26)5-11-20)14-28(22)15-24(29)27-18-6-8-19(33-2)9-7-18/h3-14H,15H2,1-2H3,(H,27,29). The Morgan fingerprint density at radius 2 is 1.71 bits per heavy atom. The van der Waals surface area contributed by atoms with Crippen molar-refractivity contribution < 1.29 is 22.3 Å². The lowest BCUT2D eigenvalue weighted by Crippen LogP contribution is -2.24. The van der Waals surface area contributed by atoms with Gasteiger partial charge in [0.2, 0.25) is 21.2 Å². The summed E-state index contributed by atoms with van der Waals surface area (Å²) in [5.41, 5.74) is 1.02. The fourth-order valence-electron chi connectivity index (χ4n) is 3.58. The lowest BCUT2D eigenvalue weighted by Gasteiger charge is -2.15. The Morgan fingerprint density at radius 1 is 1.03 bits per heavy atom. The van der Waals surface area contributed by atoms with Crippen molar-refractivity contribution in [3.63, 3.8) is 0 Å². The van der Waals surface area contributed by atoms with Gasteiger partial charge in [-0.25, -0.2) is 12.8 Å². The summed E-state index contributed by atoms with van der Waals surface area (Å²) in [4.78, 5) is 25.2. The van der Waals surface area contributed by atoms with Gasteiger partial charge in [-0.2, -0.15) is 0 Å². The van der Waals surface area contributed by atoms with Gasteiger partial charge >= 0.3 is 0 Å². The number of fused-ring (bicyclic) bond motifs is 1. The third-order valence-electron chi connectivity index (χ3n) is 5.30. The first-order valence-electron chi connectivity index (χ1n) is 10.3. The van der Waals surface area contributed by atoms with E-state index in [1.54, 1.807) is 49.4 Å². The number of methoxy groups -OCH3 is 1. The van der Waals surface area contributed by atoms with Gasteiger partial charge in [0.1, 0.15) is 23.0 Å². The molecule has 0 saturated heterocycles. The van der Waals surface area contributed by atoms with Crippen LogP contribution in [0.1, 0.15) is 5.56 Å². The minimum Gasteiger partial charge on any atom is -0.497 e. The van der Waals surface area contributed by atoms with Gasteiger partial charge in [-0.05, 0) is 67.6 Å². The fraction of sp³-hybridized carbons (Fsp3) is 0.120. The van der Waals surface area contributed by atoms with Gasteiger partial charge < -0.3 is 14.6 Å². The molecule has 0 bridgehead atoms. The van der Waals surface area contributed by atoms with Crippen molar-refractivity contribution >= 4 is 32.3 Å². The third-order valence-corrected chi connectivity index (χ3v) is 7.07. The second-order valence-corrected chi connectivity index (χ2v) is 9.62. The SMILES string of the molecule is COc1ccc(NC(=O)Cn2cc(S(=O)(=O)c3ccc(F)cc3)c(=O)c3cc(C)ccc32)cc1. The van der Waals surface area contributed by atoms with Crippen LogP contribution in [0.5, 0.6) is 5.75 Å². The van der Waals surface area contributed by atoms with Crippen molar-refractivity contribution in [3.8, 4) is 5.75 Å². The highest BCUT2D eigenvalue weighted by Gasteiger charge is 2.24. The van der Waals surface area contributed by atoms with Gasteiger partial charge in [0, 0.05) is 17.3 Å². The number of hydrogen-bond acceptors (Lipinski definition) is 5. The van der Waals surface area contributed by atoms with Crippen LogP contribution in [0.25, 0.3) is 10.9 Å². The smallest absolute Gasteiger partial charge is 0.244 e. The number of hydrogen-bond donors (Lipinski definition) is 1. The molecule has 0 radical (unpaired) electrons. The van der Waals surface area contributed by atoms with Crippen LogP contribution in [0.15, 0.2) is 87.5 Å². The van der Waals surface area contributed by atoms with Crippen molar-refractivity contribution in [2.45, 2.75) is 23.3 Å². The number of nitrogens with zero attached hydrogens (tertiary/aromatic N) is 1. The Kier molecular flexibility index (Phi) is 6.21. The Balaban J connectivity index is 1.78. The Labute approximate surface area is 195 Å². The van der Waals surface area contributed by atoms with Crippen molar-refractivity contribution in [1.82, 2.24) is 4.57 Å². The number of anilines is 1. The van der Waals surface area contributed by atoms with E-state index < -0.39 is 31.9 Å². The van der Waals surface area contributed by atoms with E-state index in [9.17, 15) is 22.4 Å². The minimum atomic E-state index is -4.26. The molecule has 174 valence electrons. The highest BCUT2D eigenvalue weighted by molar-refractivity contribution is 7.91. The number of halogens is 1. The number of aryl methyl sites for hydroxylation is 1. The topological polar surface area (TPSA) is 94.5 Å². The first-order chi connectivity index (χ1) is 16.2. The first-order valence-corrected chi connectivity index (χ1v) is 11.8. The summed E-state index contributed by atoms with van der Waals surface area (Å²) in [6, 6.07) is 16.0. The van der Waals surface area contributed by atoms with Crippen LogP contribution < -0.4 is 15.5 Å². The van der Waals surface area contributed by atoms with Crippen molar-refractivity contribution in [1.29, 1.82) is 0 Å². The highest BCUT2D eigenvalue weighted by Crippen LogP contribution is 2.23. The third kappa shape index (κ3) is 4.55. The van der Waals surface area contributed by atoms with E-state index in [4.69, 9.17) is 4.74 Å². The fourth-order valence-corrected chi connectivity index (χ4v) is 4.95. The number of ether oxygens (including phenoxy) is 1. The van der Waals surface area contributed by atoms with E-state index in [-0.39, 0.29) is 16.8 Å². The number of sulfone groups is 1. The van der Waals surface area contributed by atoms with E-state index in [2.05, 4.69) is 5.32 Å². The lowest BCUT2D eigenvalue weighted by molar-refractivity contribution is -0.116. The van der Waals surface area contributed by atoms with Crippen molar-refractivity contribution in [3.05, 3.63) is 94.5 Å². The molecule has 4 rings (SSSR count). The van der Waals surface area contributed by atoms with Crippen LogP contribution >= 0.6 is 0 Å². The number of benzene rings is 3. The number of nitrogens with one attached hydrogen (secondary N) is 1. The highest BCUT2D eigenvalue weighted by atomic mass is 32.2. The molecule has 0 spiro atoms. The van der Waals surface area contributed by atoms with E-state index in [0.29, 0.717) is 17.0 Å². The molecule has 1 amide bonds. The maximum absolute atomic E-state index is 13.3. The van der Waals surface area contributed by atoms with Crippen LogP contribution in [0, 0.1) is 12.7 Å². The van der Waals surface area contributed by atoms with Crippen LogP contribution in [0.4, 0.5) is 10.1 Å². The van der Waals surface area contributed by atoms with Crippen LogP contribution in [0.2, 0.25) is 0 Å². The average molecular weight is 481 g/mol. The average Bonchev–Trinajstić information content (AvgIpc) is 2.81. The molecule has 1 heterocycles. The monoisotopic (exact) mass is 480 g/mol. The first kappa shape index (κ1) is 23.2. The quantitative estimate of drug-likeness (QED) is 0.422. The summed E-state index contributed by atoms with van der Waals surface area (Å²) in [5.74, 6) is -0.378. The summed E-state index contributed by atoms with van der Waals surface area (Å²) in [6.45, 7) is 1.54. The molecule has 0 unspecified atom stereocenters. The lowest BCUT2D eigenvalue weighted by atomic mass is 10.1. The normalized spacial score (nSPS) is 11.4. The number of amides is 1. The predicted molar refractivity (Wildman–Crippen MR) is 126 cm³/mol. The van der Waals surface area contributed by atoms with Gasteiger partial charge in [0.15, 0.2) is 0 Å². The predicted octanol–water partition coefficient (Wildman–Crippen LogP) is 3.93. The zero-order valence-electron chi connectivity index (χ0n) is 18.4. The minimum absolute atomic E-state index is 0.167. The molecular weight excluding hydrogens is 459 g/mol. The maximum Gasteiger partial charge on any atom is 0.244 e. The summed E-state index contributed by atoms with van der Waals surface area (Å²) in [6.07, 6.45) is 1.16. The Bertz CT molecular complexity index is 1540. The molecule has 34 heavy (non-hydrogen) atoms. The van der Waals surface area contributed by atoms with Gasteiger partial charge in [-0.3, -0.25) is 9.59 Å². The molecule has 0 aliphatic rings. The molecule has 1 aromatic heterocycles. The van der Waals surface area contributed by atoms with Crippen molar-refractivity contribution in [2.75, 3.05) is 12.4 Å². The van der Waals surface area contributed by atoms with E-state index in [0.717, 1.165) is 36.0 Å². The molecule has 9 heteroatoms. The van der Waals surface area contributed by atoms with Gasteiger partial charge in [-0.15, -0.1) is 0 Å². The van der Waals surface area contributed by atoms with Crippen LogP contribution in [0.3, 0.4) is 0 Å². The second kappa shape index (κ2) is 9.11. The van der Waals surface area contributed by atoms with E-state index >= 15 is 0 Å². The molecule has 7 nitrogen and oxygen atoms in total.